The smallest absolute Gasteiger partial charge is 0.344 e. The van der Waals surface area contributed by atoms with Gasteiger partial charge in [-0.3, -0.25) is 0 Å². The summed E-state index contributed by atoms with van der Waals surface area (Å²) in [7, 11) is 0. The first-order valence-corrected chi connectivity index (χ1v) is 8.09. The Bertz CT molecular complexity index is 375. The predicted molar refractivity (Wildman–Crippen MR) is 85.4 cm³/mol. The fourth-order valence-electron chi connectivity index (χ4n) is 2.31. The van der Waals surface area contributed by atoms with Gasteiger partial charge < -0.3 is 9.47 Å². The summed E-state index contributed by atoms with van der Waals surface area (Å²) in [4.78, 5) is 11.7. The van der Waals surface area contributed by atoms with Crippen LogP contribution in [0.3, 0.4) is 0 Å². The molecule has 0 saturated carbocycles. The lowest BCUT2D eigenvalue weighted by atomic mass is 9.97. The van der Waals surface area contributed by atoms with Crippen LogP contribution in [0.4, 0.5) is 0 Å². The molecule has 0 unspecified atom stereocenters. The van der Waals surface area contributed by atoms with Crippen molar-refractivity contribution < 1.29 is 14.3 Å². The molecule has 0 bridgehead atoms. The van der Waals surface area contributed by atoms with Crippen molar-refractivity contribution in [2.75, 3.05) is 13.2 Å². The van der Waals surface area contributed by atoms with Gasteiger partial charge in [0.1, 0.15) is 5.75 Å². The Labute approximate surface area is 128 Å². The molecule has 0 heterocycles. The van der Waals surface area contributed by atoms with Crippen LogP contribution in [0.15, 0.2) is 30.3 Å². The number of para-hydroxylation sites is 1. The highest BCUT2D eigenvalue weighted by molar-refractivity contribution is 5.71. The third-order valence-electron chi connectivity index (χ3n) is 3.49. The van der Waals surface area contributed by atoms with Gasteiger partial charge in [0, 0.05) is 0 Å². The normalized spacial score (nSPS) is 11.9. The van der Waals surface area contributed by atoms with Gasteiger partial charge in [0.05, 0.1) is 6.61 Å². The molecule has 21 heavy (non-hydrogen) atoms. The summed E-state index contributed by atoms with van der Waals surface area (Å²) in [5.74, 6) is 0.903. The largest absolute Gasteiger partial charge is 0.482 e. The molecule has 0 spiro atoms. The number of rotatable bonds is 11. The highest BCUT2D eigenvalue weighted by Gasteiger charge is 2.11. The average Bonchev–Trinajstić information content (AvgIpc) is 2.52. The maximum atomic E-state index is 11.7. The van der Waals surface area contributed by atoms with Crippen molar-refractivity contribution in [1.82, 2.24) is 0 Å². The Kier molecular flexibility index (Phi) is 9.34. The Hall–Kier alpha value is -1.51. The van der Waals surface area contributed by atoms with Crippen molar-refractivity contribution in [3.63, 3.8) is 0 Å². The Morgan fingerprint density at radius 2 is 1.81 bits per heavy atom. The molecule has 0 radical (unpaired) electrons. The molecule has 0 aromatic heterocycles. The fraction of sp³-hybridized carbons (Fsp3) is 0.611. The summed E-state index contributed by atoms with van der Waals surface area (Å²) in [6.45, 7) is 4.88. The number of ether oxygens (including phenoxy) is 2. The number of carbonyl (C=O) groups is 1. The number of hydrogen-bond donors (Lipinski definition) is 0. The van der Waals surface area contributed by atoms with Gasteiger partial charge in [-0.25, -0.2) is 4.79 Å². The van der Waals surface area contributed by atoms with Crippen LogP contribution in [0.25, 0.3) is 0 Å². The number of carbonyl (C=O) groups excluding carboxylic acids is 1. The number of unbranched alkanes of at least 4 members (excludes halogenated alkanes) is 2. The molecule has 3 heteroatoms. The molecule has 1 aromatic carbocycles. The van der Waals surface area contributed by atoms with Gasteiger partial charge in [0.25, 0.3) is 0 Å². The van der Waals surface area contributed by atoms with E-state index >= 15 is 0 Å². The second kappa shape index (κ2) is 11.2. The molecule has 0 aliphatic heterocycles. The molecule has 0 aliphatic rings. The van der Waals surface area contributed by atoms with Crippen LogP contribution in [-0.4, -0.2) is 19.2 Å². The topological polar surface area (TPSA) is 35.5 Å². The molecular formula is C18H28O3. The minimum absolute atomic E-state index is 0.0161. The summed E-state index contributed by atoms with van der Waals surface area (Å²) in [6, 6.07) is 9.34. The first kappa shape index (κ1) is 17.5. The monoisotopic (exact) mass is 292 g/mol. The molecular weight excluding hydrogens is 264 g/mol. The van der Waals surface area contributed by atoms with E-state index in [0.29, 0.717) is 18.3 Å². The van der Waals surface area contributed by atoms with Crippen molar-refractivity contribution in [2.45, 2.75) is 52.4 Å². The number of esters is 1. The van der Waals surface area contributed by atoms with Gasteiger partial charge in [-0.1, -0.05) is 57.7 Å². The predicted octanol–water partition coefficient (Wildman–Crippen LogP) is 4.61. The first-order chi connectivity index (χ1) is 10.3. The zero-order chi connectivity index (χ0) is 15.3. The van der Waals surface area contributed by atoms with Crippen LogP contribution in [-0.2, 0) is 9.53 Å². The van der Waals surface area contributed by atoms with Gasteiger partial charge >= 0.3 is 5.97 Å². The Morgan fingerprint density at radius 1 is 1.05 bits per heavy atom. The van der Waals surface area contributed by atoms with E-state index in [2.05, 4.69) is 13.8 Å². The molecule has 1 rings (SSSR count). The minimum Gasteiger partial charge on any atom is -0.482 e. The minimum atomic E-state index is -0.282. The van der Waals surface area contributed by atoms with Gasteiger partial charge in [-0.15, -0.1) is 0 Å². The maximum Gasteiger partial charge on any atom is 0.344 e. The molecule has 1 aromatic rings. The lowest BCUT2D eigenvalue weighted by Gasteiger charge is -2.16. The third-order valence-corrected chi connectivity index (χ3v) is 3.49. The number of hydrogen-bond acceptors (Lipinski definition) is 3. The molecule has 0 N–H and O–H groups in total. The van der Waals surface area contributed by atoms with Gasteiger partial charge in [-0.05, 0) is 30.9 Å². The van der Waals surface area contributed by atoms with Crippen LogP contribution in [0, 0.1) is 5.92 Å². The van der Waals surface area contributed by atoms with Crippen LogP contribution in [0.2, 0.25) is 0 Å². The molecule has 118 valence electrons. The zero-order valence-corrected chi connectivity index (χ0v) is 13.3. The van der Waals surface area contributed by atoms with E-state index in [1.165, 1.54) is 19.3 Å². The Morgan fingerprint density at radius 3 is 2.48 bits per heavy atom. The molecule has 3 nitrogen and oxygen atoms in total. The van der Waals surface area contributed by atoms with Crippen LogP contribution in [0.1, 0.15) is 52.4 Å². The average molecular weight is 292 g/mol. The lowest BCUT2D eigenvalue weighted by Crippen LogP contribution is -2.19. The maximum absolute atomic E-state index is 11.7. The third kappa shape index (κ3) is 8.38. The molecule has 1 atom stereocenters. The second-order valence-corrected chi connectivity index (χ2v) is 5.44. The first-order valence-electron chi connectivity index (χ1n) is 8.09. The van der Waals surface area contributed by atoms with Crippen molar-refractivity contribution in [3.8, 4) is 5.75 Å². The SMILES string of the molecule is CCCCC[C@H](CCC)COC(=O)COc1ccccc1. The molecule has 0 amide bonds. The van der Waals surface area contributed by atoms with Crippen molar-refractivity contribution in [2.24, 2.45) is 5.92 Å². The standard InChI is InChI=1S/C18H28O3/c1-3-5-7-11-16(10-4-2)14-21-18(19)15-20-17-12-8-6-9-13-17/h6,8-9,12-13,16H,3-5,7,10-11,14-15H2,1-2H3/t16-/m0/s1. The van der Waals surface area contributed by atoms with Crippen LogP contribution >= 0.6 is 0 Å². The Balaban J connectivity index is 2.22. The van der Waals surface area contributed by atoms with Crippen molar-refractivity contribution >= 4 is 5.97 Å². The molecule has 0 saturated heterocycles. The fourth-order valence-corrected chi connectivity index (χ4v) is 2.31. The van der Waals surface area contributed by atoms with E-state index in [0.717, 1.165) is 19.3 Å². The number of benzene rings is 1. The van der Waals surface area contributed by atoms with Gasteiger partial charge in [0.15, 0.2) is 6.61 Å². The van der Waals surface area contributed by atoms with Crippen LogP contribution < -0.4 is 4.74 Å². The second-order valence-electron chi connectivity index (χ2n) is 5.44. The lowest BCUT2D eigenvalue weighted by molar-refractivity contribution is -0.147. The summed E-state index contributed by atoms with van der Waals surface area (Å²) >= 11 is 0. The van der Waals surface area contributed by atoms with Gasteiger partial charge in [0.2, 0.25) is 0 Å². The van der Waals surface area contributed by atoms with Crippen molar-refractivity contribution in [3.05, 3.63) is 30.3 Å². The van der Waals surface area contributed by atoms with E-state index in [4.69, 9.17) is 9.47 Å². The van der Waals surface area contributed by atoms with E-state index < -0.39 is 0 Å². The summed E-state index contributed by atoms with van der Waals surface area (Å²) in [5, 5.41) is 0. The highest BCUT2D eigenvalue weighted by Crippen LogP contribution is 2.16. The van der Waals surface area contributed by atoms with E-state index in [-0.39, 0.29) is 12.6 Å². The summed E-state index contributed by atoms with van der Waals surface area (Å²) in [6.07, 6.45) is 7.11. The highest BCUT2D eigenvalue weighted by atomic mass is 16.6. The van der Waals surface area contributed by atoms with E-state index in [1.54, 1.807) is 0 Å². The van der Waals surface area contributed by atoms with E-state index in [1.807, 2.05) is 30.3 Å². The van der Waals surface area contributed by atoms with Crippen molar-refractivity contribution in [1.29, 1.82) is 0 Å². The van der Waals surface area contributed by atoms with E-state index in [9.17, 15) is 4.79 Å². The van der Waals surface area contributed by atoms with Gasteiger partial charge in [-0.2, -0.15) is 0 Å². The summed E-state index contributed by atoms with van der Waals surface area (Å²) < 4.78 is 10.7. The molecule has 0 aliphatic carbocycles. The molecule has 0 fully saturated rings. The van der Waals surface area contributed by atoms with Crippen LogP contribution in [0.5, 0.6) is 5.75 Å². The summed E-state index contributed by atoms with van der Waals surface area (Å²) in [5.41, 5.74) is 0. The zero-order valence-electron chi connectivity index (χ0n) is 13.3. The quantitative estimate of drug-likeness (QED) is 0.441.